The number of nitrogens with zero attached hydrogens (tertiary/aromatic N) is 2. The summed E-state index contributed by atoms with van der Waals surface area (Å²) in [5, 5.41) is 15.8. The smallest absolute Gasteiger partial charge is 0.408 e. The summed E-state index contributed by atoms with van der Waals surface area (Å²) < 4.78 is 6.67. The molecule has 1 saturated heterocycles. The molecule has 2 heterocycles. The van der Waals surface area contributed by atoms with E-state index >= 15 is 0 Å². The van der Waals surface area contributed by atoms with E-state index in [0.29, 0.717) is 18.5 Å². The molecule has 170 valence electrons. The van der Waals surface area contributed by atoms with Crippen LogP contribution in [0.3, 0.4) is 0 Å². The number of nitrogens with one attached hydrogen (secondary N) is 2. The third-order valence-corrected chi connectivity index (χ3v) is 6.21. The van der Waals surface area contributed by atoms with Crippen molar-refractivity contribution >= 4 is 17.0 Å². The number of oxazole rings is 1. The highest BCUT2D eigenvalue weighted by atomic mass is 16.4. The third-order valence-electron chi connectivity index (χ3n) is 6.21. The molecule has 0 bridgehead atoms. The predicted molar refractivity (Wildman–Crippen MR) is 127 cm³/mol. The molecule has 0 aliphatic carbocycles. The lowest BCUT2D eigenvalue weighted by molar-refractivity contribution is -0.125. The normalized spacial score (nSPS) is 17.7. The monoisotopic (exact) mass is 444 g/mol. The summed E-state index contributed by atoms with van der Waals surface area (Å²) >= 11 is 0. The molecule has 1 aliphatic rings. The molecule has 33 heavy (non-hydrogen) atoms. The molecule has 3 aromatic rings. The van der Waals surface area contributed by atoms with Crippen molar-refractivity contribution in [1.29, 1.82) is 5.26 Å². The molecule has 7 heteroatoms. The second kappa shape index (κ2) is 9.88. The van der Waals surface area contributed by atoms with Crippen molar-refractivity contribution in [3.8, 4) is 17.2 Å². The van der Waals surface area contributed by atoms with E-state index in [9.17, 15) is 14.9 Å². The topological polar surface area (TPSA) is 100 Å². The fraction of sp³-hybridized carbons (Fsp3) is 0.346. The second-order valence-corrected chi connectivity index (χ2v) is 8.67. The summed E-state index contributed by atoms with van der Waals surface area (Å²) in [4.78, 5) is 24.4. The highest BCUT2D eigenvalue weighted by Crippen LogP contribution is 2.24. The highest BCUT2D eigenvalue weighted by Gasteiger charge is 2.22. The van der Waals surface area contributed by atoms with Gasteiger partial charge in [0.1, 0.15) is 6.04 Å². The minimum atomic E-state index is -0.583. The van der Waals surface area contributed by atoms with Gasteiger partial charge in [-0.2, -0.15) is 5.26 Å². The molecule has 1 amide bonds. The summed E-state index contributed by atoms with van der Waals surface area (Å²) in [5.74, 6) is -0.593. The number of fused-ring (bicyclic) bond motifs is 1. The summed E-state index contributed by atoms with van der Waals surface area (Å²) in [7, 11) is 1.68. The molecule has 1 aromatic heterocycles. The molecule has 2 atom stereocenters. The van der Waals surface area contributed by atoms with Gasteiger partial charge in [-0.3, -0.25) is 9.36 Å². The van der Waals surface area contributed by atoms with E-state index in [2.05, 4.69) is 23.3 Å². The molecule has 0 saturated carbocycles. The van der Waals surface area contributed by atoms with Crippen LogP contribution >= 0.6 is 0 Å². The van der Waals surface area contributed by atoms with Crippen molar-refractivity contribution < 1.29 is 9.21 Å². The number of aryl methyl sites for hydroxylation is 1. The maximum atomic E-state index is 12.7. The van der Waals surface area contributed by atoms with Crippen LogP contribution in [0.1, 0.15) is 24.8 Å². The highest BCUT2D eigenvalue weighted by molar-refractivity contribution is 5.81. The van der Waals surface area contributed by atoms with E-state index in [1.807, 2.05) is 36.4 Å². The Morgan fingerprint density at radius 2 is 2.06 bits per heavy atom. The first kappa shape index (κ1) is 22.6. The lowest BCUT2D eigenvalue weighted by Crippen LogP contribution is -2.43. The van der Waals surface area contributed by atoms with Gasteiger partial charge >= 0.3 is 5.76 Å². The van der Waals surface area contributed by atoms with E-state index in [4.69, 9.17) is 4.42 Å². The zero-order valence-corrected chi connectivity index (χ0v) is 18.8. The van der Waals surface area contributed by atoms with Crippen LogP contribution in [0.2, 0.25) is 0 Å². The van der Waals surface area contributed by atoms with Crippen molar-refractivity contribution in [2.45, 2.75) is 31.7 Å². The van der Waals surface area contributed by atoms with Gasteiger partial charge in [-0.25, -0.2) is 4.79 Å². The van der Waals surface area contributed by atoms with Gasteiger partial charge in [0.15, 0.2) is 5.58 Å². The molecule has 2 unspecified atom stereocenters. The van der Waals surface area contributed by atoms with Crippen LogP contribution in [-0.2, 0) is 18.3 Å². The van der Waals surface area contributed by atoms with Crippen LogP contribution in [0, 0.1) is 17.2 Å². The first-order valence-corrected chi connectivity index (χ1v) is 11.2. The molecule has 1 aliphatic heterocycles. The quantitative estimate of drug-likeness (QED) is 0.588. The lowest BCUT2D eigenvalue weighted by Gasteiger charge is -2.22. The Kier molecular flexibility index (Phi) is 6.76. The Balaban J connectivity index is 1.40. The number of nitriles is 1. The zero-order chi connectivity index (χ0) is 23.4. The fourth-order valence-corrected chi connectivity index (χ4v) is 4.23. The van der Waals surface area contributed by atoms with Crippen molar-refractivity contribution in [1.82, 2.24) is 15.2 Å². The first-order valence-electron chi connectivity index (χ1n) is 11.2. The SMILES string of the molecule is C=C1CCCC(C(=O)NC(C#N)Cc2ccc(-c3ccc4oc(=O)n(C)c4c3)cc2)CNC1. The van der Waals surface area contributed by atoms with E-state index < -0.39 is 6.04 Å². The summed E-state index contributed by atoms with van der Waals surface area (Å²) in [6, 6.07) is 15.2. The zero-order valence-electron chi connectivity index (χ0n) is 18.8. The number of benzene rings is 2. The van der Waals surface area contributed by atoms with Gasteiger partial charge in [0.2, 0.25) is 5.91 Å². The standard InChI is InChI=1S/C26H28N4O3/c1-17-4-3-5-21(16-28-15-17)25(31)29-22(14-27)12-18-6-8-19(9-7-18)20-10-11-24-23(13-20)30(2)26(32)33-24/h6-11,13,21-22,28H,1,3-5,12,15-16H2,2H3,(H,29,31). The Bertz CT molecular complexity index is 1250. The average molecular weight is 445 g/mol. The third kappa shape index (κ3) is 5.24. The molecule has 2 aromatic carbocycles. The van der Waals surface area contributed by atoms with E-state index in [-0.39, 0.29) is 17.6 Å². The van der Waals surface area contributed by atoms with Gasteiger partial charge < -0.3 is 15.1 Å². The second-order valence-electron chi connectivity index (χ2n) is 8.67. The summed E-state index contributed by atoms with van der Waals surface area (Å²) in [6.07, 6.45) is 3.09. The Morgan fingerprint density at radius 1 is 1.30 bits per heavy atom. The van der Waals surface area contributed by atoms with E-state index in [1.54, 1.807) is 13.1 Å². The maximum Gasteiger partial charge on any atom is 0.419 e. The molecule has 4 rings (SSSR count). The van der Waals surface area contributed by atoms with Gasteiger partial charge in [0, 0.05) is 26.6 Å². The lowest BCUT2D eigenvalue weighted by atomic mass is 9.96. The van der Waals surface area contributed by atoms with Crippen LogP contribution in [-0.4, -0.2) is 29.6 Å². The number of hydrogen-bond donors (Lipinski definition) is 2. The number of amides is 1. The van der Waals surface area contributed by atoms with E-state index in [1.165, 1.54) is 10.1 Å². The fourth-order valence-electron chi connectivity index (χ4n) is 4.23. The van der Waals surface area contributed by atoms with Crippen molar-refractivity contribution in [3.05, 3.63) is 70.7 Å². The Hall–Kier alpha value is -3.63. The van der Waals surface area contributed by atoms with Gasteiger partial charge in [-0.15, -0.1) is 0 Å². The number of aromatic nitrogens is 1. The van der Waals surface area contributed by atoms with Crippen LogP contribution in [0.5, 0.6) is 0 Å². The van der Waals surface area contributed by atoms with Crippen LogP contribution in [0.4, 0.5) is 0 Å². The number of hydrogen-bond acceptors (Lipinski definition) is 5. The van der Waals surface area contributed by atoms with Crippen LogP contribution < -0.4 is 16.4 Å². The molecule has 0 spiro atoms. The largest absolute Gasteiger partial charge is 0.419 e. The van der Waals surface area contributed by atoms with Gasteiger partial charge in [-0.1, -0.05) is 42.5 Å². The number of carbonyl (C=O) groups excluding carboxylic acids is 1. The minimum Gasteiger partial charge on any atom is -0.408 e. The maximum absolute atomic E-state index is 12.7. The molecular formula is C26H28N4O3. The van der Waals surface area contributed by atoms with Gasteiger partial charge in [0.25, 0.3) is 0 Å². The van der Waals surface area contributed by atoms with Gasteiger partial charge in [0.05, 0.1) is 17.5 Å². The summed E-state index contributed by atoms with van der Waals surface area (Å²) in [5.41, 5.74) is 5.39. The molecule has 7 nitrogen and oxygen atoms in total. The average Bonchev–Trinajstić information content (AvgIpc) is 3.09. The predicted octanol–water partition coefficient (Wildman–Crippen LogP) is 3.30. The van der Waals surface area contributed by atoms with E-state index in [0.717, 1.165) is 48.0 Å². The first-order chi connectivity index (χ1) is 15.9. The van der Waals surface area contributed by atoms with Crippen molar-refractivity contribution in [3.63, 3.8) is 0 Å². The van der Waals surface area contributed by atoms with Crippen LogP contribution in [0.25, 0.3) is 22.2 Å². The van der Waals surface area contributed by atoms with Crippen LogP contribution in [0.15, 0.2) is 63.8 Å². The minimum absolute atomic E-state index is 0.0720. The molecule has 2 N–H and O–H groups in total. The van der Waals surface area contributed by atoms with Crippen molar-refractivity contribution in [2.24, 2.45) is 13.0 Å². The Labute approximate surface area is 192 Å². The molecule has 0 radical (unpaired) electrons. The number of rotatable bonds is 5. The molecular weight excluding hydrogens is 416 g/mol. The summed E-state index contributed by atoms with van der Waals surface area (Å²) in [6.45, 7) is 5.35. The Morgan fingerprint density at radius 3 is 2.82 bits per heavy atom. The number of carbonyl (C=O) groups is 1. The van der Waals surface area contributed by atoms with Crippen molar-refractivity contribution in [2.75, 3.05) is 13.1 Å². The van der Waals surface area contributed by atoms with Gasteiger partial charge in [-0.05, 0) is 48.1 Å². The molecule has 1 fully saturated rings.